The monoisotopic (exact) mass is 246 g/mol. The minimum Gasteiger partial charge on any atom is -0.298 e. The fourth-order valence-electron chi connectivity index (χ4n) is 1.77. The first kappa shape index (κ1) is 10.8. The SMILES string of the molecule is O=c1cc(Cl)[nH]c(=O)n1C1CCSCC1. The average molecular weight is 247 g/mol. The molecule has 0 saturated carbocycles. The van der Waals surface area contributed by atoms with E-state index in [1.54, 1.807) is 0 Å². The molecule has 0 unspecified atom stereocenters. The molecule has 1 aromatic heterocycles. The molecule has 1 aliphatic heterocycles. The van der Waals surface area contributed by atoms with E-state index in [9.17, 15) is 9.59 Å². The lowest BCUT2D eigenvalue weighted by Crippen LogP contribution is -2.38. The third kappa shape index (κ3) is 2.29. The first-order valence-corrected chi connectivity index (χ1v) is 6.31. The van der Waals surface area contributed by atoms with Crippen molar-refractivity contribution in [3.8, 4) is 0 Å². The van der Waals surface area contributed by atoms with Gasteiger partial charge in [0.05, 0.1) is 0 Å². The molecule has 15 heavy (non-hydrogen) atoms. The highest BCUT2D eigenvalue weighted by Gasteiger charge is 2.18. The van der Waals surface area contributed by atoms with Crippen LogP contribution in [0.25, 0.3) is 0 Å². The van der Waals surface area contributed by atoms with E-state index < -0.39 is 5.69 Å². The van der Waals surface area contributed by atoms with Gasteiger partial charge in [-0.2, -0.15) is 11.8 Å². The number of thioether (sulfide) groups is 1. The van der Waals surface area contributed by atoms with Gasteiger partial charge < -0.3 is 0 Å². The van der Waals surface area contributed by atoms with Gasteiger partial charge in [-0.3, -0.25) is 14.3 Å². The molecule has 0 radical (unpaired) electrons. The minimum absolute atomic E-state index is 0.0276. The second kappa shape index (κ2) is 4.45. The van der Waals surface area contributed by atoms with Crippen molar-refractivity contribution in [3.05, 3.63) is 32.1 Å². The topological polar surface area (TPSA) is 54.9 Å². The summed E-state index contributed by atoms with van der Waals surface area (Å²) in [4.78, 5) is 25.6. The predicted molar refractivity (Wildman–Crippen MR) is 61.9 cm³/mol. The van der Waals surface area contributed by atoms with Crippen LogP contribution in [-0.2, 0) is 0 Å². The number of H-pyrrole nitrogens is 1. The highest BCUT2D eigenvalue weighted by Crippen LogP contribution is 2.24. The number of hydrogen-bond acceptors (Lipinski definition) is 3. The summed E-state index contributed by atoms with van der Waals surface area (Å²) in [6.45, 7) is 0. The van der Waals surface area contributed by atoms with Gasteiger partial charge in [-0.1, -0.05) is 11.6 Å². The molecule has 0 aromatic carbocycles. The molecule has 0 spiro atoms. The van der Waals surface area contributed by atoms with Crippen molar-refractivity contribution in [2.24, 2.45) is 0 Å². The number of aromatic nitrogens is 2. The van der Waals surface area contributed by atoms with Crippen molar-refractivity contribution < 1.29 is 0 Å². The van der Waals surface area contributed by atoms with Gasteiger partial charge in [0.25, 0.3) is 5.56 Å². The van der Waals surface area contributed by atoms with Crippen molar-refractivity contribution in [1.82, 2.24) is 9.55 Å². The van der Waals surface area contributed by atoms with Gasteiger partial charge in [-0.05, 0) is 24.3 Å². The second-order valence-electron chi connectivity index (χ2n) is 3.47. The van der Waals surface area contributed by atoms with Crippen molar-refractivity contribution in [3.63, 3.8) is 0 Å². The maximum absolute atomic E-state index is 11.6. The van der Waals surface area contributed by atoms with Gasteiger partial charge in [0, 0.05) is 12.1 Å². The molecule has 0 amide bonds. The minimum atomic E-state index is -0.399. The van der Waals surface area contributed by atoms with Crippen LogP contribution in [0.2, 0.25) is 5.15 Å². The molecule has 1 N–H and O–H groups in total. The van der Waals surface area contributed by atoms with Crippen LogP contribution < -0.4 is 11.2 Å². The molecule has 6 heteroatoms. The van der Waals surface area contributed by atoms with Crippen molar-refractivity contribution in [2.75, 3.05) is 11.5 Å². The molecule has 1 aliphatic rings. The summed E-state index contributed by atoms with van der Waals surface area (Å²) < 4.78 is 1.28. The van der Waals surface area contributed by atoms with Crippen LogP contribution in [0.3, 0.4) is 0 Å². The number of rotatable bonds is 1. The highest BCUT2D eigenvalue weighted by atomic mass is 35.5. The number of aromatic amines is 1. The summed E-state index contributed by atoms with van der Waals surface area (Å²) in [5, 5.41) is 0.103. The van der Waals surface area contributed by atoms with Crippen LogP contribution in [0, 0.1) is 0 Å². The Morgan fingerprint density at radius 1 is 1.40 bits per heavy atom. The molecule has 0 aliphatic carbocycles. The Labute approximate surface area is 95.6 Å². The van der Waals surface area contributed by atoms with Crippen LogP contribution >= 0.6 is 23.4 Å². The predicted octanol–water partition coefficient (Wildman–Crippen LogP) is 1.26. The average Bonchev–Trinajstić information content (AvgIpc) is 2.17. The van der Waals surface area contributed by atoms with Crippen molar-refractivity contribution in [2.45, 2.75) is 18.9 Å². The van der Waals surface area contributed by atoms with Gasteiger partial charge in [0.15, 0.2) is 0 Å². The molecular formula is C9H11ClN2O2S. The third-order valence-electron chi connectivity index (χ3n) is 2.49. The zero-order chi connectivity index (χ0) is 10.8. The van der Waals surface area contributed by atoms with Gasteiger partial charge in [0.2, 0.25) is 0 Å². The van der Waals surface area contributed by atoms with Crippen LogP contribution in [0.15, 0.2) is 15.7 Å². The summed E-state index contributed by atoms with van der Waals surface area (Å²) in [7, 11) is 0. The van der Waals surface area contributed by atoms with E-state index in [0.29, 0.717) is 0 Å². The fourth-order valence-corrected chi connectivity index (χ4v) is 3.02. The van der Waals surface area contributed by atoms with E-state index >= 15 is 0 Å². The van der Waals surface area contributed by atoms with Crippen LogP contribution in [-0.4, -0.2) is 21.1 Å². The standard InChI is InChI=1S/C9H11ClN2O2S/c10-7-5-8(13)12(9(14)11-7)6-1-3-15-4-2-6/h5-6H,1-4H2,(H,11,14). The largest absolute Gasteiger partial charge is 0.329 e. The molecule has 0 bridgehead atoms. The summed E-state index contributed by atoms with van der Waals surface area (Å²) >= 11 is 7.44. The first-order chi connectivity index (χ1) is 7.18. The fraction of sp³-hybridized carbons (Fsp3) is 0.556. The summed E-state index contributed by atoms with van der Waals surface area (Å²) in [5.41, 5.74) is -0.704. The van der Waals surface area contributed by atoms with E-state index in [2.05, 4.69) is 4.98 Å². The van der Waals surface area contributed by atoms with Gasteiger partial charge in [-0.15, -0.1) is 0 Å². The molecule has 0 atom stereocenters. The molecule has 4 nitrogen and oxygen atoms in total. The lowest BCUT2D eigenvalue weighted by molar-refractivity contribution is 0.437. The molecular weight excluding hydrogens is 236 g/mol. The van der Waals surface area contributed by atoms with E-state index in [0.717, 1.165) is 24.3 Å². The van der Waals surface area contributed by atoms with Crippen molar-refractivity contribution in [1.29, 1.82) is 0 Å². The maximum Gasteiger partial charge on any atom is 0.329 e. The molecule has 2 rings (SSSR count). The van der Waals surface area contributed by atoms with Gasteiger partial charge >= 0.3 is 5.69 Å². The van der Waals surface area contributed by atoms with Crippen molar-refractivity contribution >= 4 is 23.4 Å². The van der Waals surface area contributed by atoms with E-state index in [-0.39, 0.29) is 16.8 Å². The zero-order valence-electron chi connectivity index (χ0n) is 8.03. The zero-order valence-corrected chi connectivity index (χ0v) is 9.61. The van der Waals surface area contributed by atoms with Crippen LogP contribution in [0.1, 0.15) is 18.9 Å². The summed E-state index contributed by atoms with van der Waals surface area (Å²) in [6, 6.07) is 1.28. The number of halogens is 1. The lowest BCUT2D eigenvalue weighted by Gasteiger charge is -2.22. The molecule has 1 aromatic rings. The number of nitrogens with one attached hydrogen (secondary N) is 1. The molecule has 2 heterocycles. The van der Waals surface area contributed by atoms with E-state index in [1.807, 2.05) is 11.8 Å². The summed E-state index contributed by atoms with van der Waals surface area (Å²) in [5.74, 6) is 2.00. The van der Waals surface area contributed by atoms with Crippen LogP contribution in [0.4, 0.5) is 0 Å². The number of hydrogen-bond donors (Lipinski definition) is 1. The van der Waals surface area contributed by atoms with E-state index in [1.165, 1.54) is 10.6 Å². The maximum atomic E-state index is 11.6. The quantitative estimate of drug-likeness (QED) is 0.759. The molecule has 1 fully saturated rings. The Balaban J connectivity index is 2.43. The van der Waals surface area contributed by atoms with Gasteiger partial charge in [-0.25, -0.2) is 4.79 Å². The van der Waals surface area contributed by atoms with Gasteiger partial charge in [0.1, 0.15) is 5.15 Å². The Morgan fingerprint density at radius 3 is 2.67 bits per heavy atom. The summed E-state index contributed by atoms with van der Waals surface area (Å²) in [6.07, 6.45) is 1.74. The Bertz CT molecular complexity index is 431. The Kier molecular flexibility index (Phi) is 3.21. The first-order valence-electron chi connectivity index (χ1n) is 4.77. The third-order valence-corrected chi connectivity index (χ3v) is 3.74. The normalized spacial score (nSPS) is 17.9. The lowest BCUT2D eigenvalue weighted by atomic mass is 10.1. The molecule has 82 valence electrons. The molecule has 1 saturated heterocycles. The Morgan fingerprint density at radius 2 is 2.07 bits per heavy atom. The Hall–Kier alpha value is -0.680. The van der Waals surface area contributed by atoms with E-state index in [4.69, 9.17) is 11.6 Å². The second-order valence-corrected chi connectivity index (χ2v) is 5.11. The van der Waals surface area contributed by atoms with Crippen LogP contribution in [0.5, 0.6) is 0 Å². The number of nitrogens with zero attached hydrogens (tertiary/aromatic N) is 1. The smallest absolute Gasteiger partial charge is 0.298 e. The highest BCUT2D eigenvalue weighted by molar-refractivity contribution is 7.99.